The Kier molecular flexibility index (Phi) is 6.67. The van der Waals surface area contributed by atoms with Crippen LogP contribution in [0, 0.1) is 0 Å². The van der Waals surface area contributed by atoms with Gasteiger partial charge in [0.25, 0.3) is 0 Å². The monoisotopic (exact) mass is 381 g/mol. The fourth-order valence-corrected chi connectivity index (χ4v) is 3.06. The Bertz CT molecular complexity index is 760. The maximum absolute atomic E-state index is 11.9. The van der Waals surface area contributed by atoms with Crippen molar-refractivity contribution in [1.82, 2.24) is 4.98 Å². The first-order valence-electron chi connectivity index (χ1n) is 7.31. The Morgan fingerprint density at radius 1 is 1.16 bits per heavy atom. The number of halogens is 2. The van der Waals surface area contributed by atoms with Crippen LogP contribution >= 0.6 is 23.2 Å². The number of hydrogen-bond donors (Lipinski definition) is 0. The molecule has 0 aliphatic rings. The summed E-state index contributed by atoms with van der Waals surface area (Å²) in [6, 6.07) is 3.40. The van der Waals surface area contributed by atoms with Crippen molar-refractivity contribution in [2.75, 3.05) is 20.8 Å². The molecule has 1 aromatic carbocycles. The minimum atomic E-state index is -0.761. The molecule has 2 aromatic rings. The van der Waals surface area contributed by atoms with Crippen LogP contribution < -0.4 is 14.2 Å². The molecule has 0 aliphatic carbocycles. The second-order valence-corrected chi connectivity index (χ2v) is 5.76. The quantitative estimate of drug-likeness (QED) is 0.503. The lowest BCUT2D eigenvalue weighted by atomic mass is 9.92. The third kappa shape index (κ3) is 3.89. The number of aromatic nitrogens is 1. The van der Waals surface area contributed by atoms with Crippen molar-refractivity contribution in [1.29, 1.82) is 0 Å². The smallest absolute Gasteiger partial charge is 0.203 e. The van der Waals surface area contributed by atoms with E-state index in [0.717, 1.165) is 6.29 Å². The number of aldehydes is 1. The fraction of sp³-hybridized carbons (Fsp3) is 0.222. The van der Waals surface area contributed by atoms with Gasteiger partial charge in [0.2, 0.25) is 5.75 Å². The standard InChI is InChI=1S/C18H17Cl2NO4/c1-4-7-25-17-11(5-6-15(23-2)18(17)24-3)12(10-22)16-13(19)8-21-9-14(16)20/h4-6,8-10,12H,1,7H2,2-3H3. The van der Waals surface area contributed by atoms with E-state index in [1.54, 1.807) is 18.2 Å². The second-order valence-electron chi connectivity index (χ2n) is 4.95. The molecule has 7 heteroatoms. The summed E-state index contributed by atoms with van der Waals surface area (Å²) in [6.45, 7) is 3.86. The molecule has 1 atom stereocenters. The van der Waals surface area contributed by atoms with Crippen LogP contribution in [0.2, 0.25) is 10.0 Å². The third-order valence-corrected chi connectivity index (χ3v) is 4.15. The zero-order valence-corrected chi connectivity index (χ0v) is 15.3. The molecule has 0 amide bonds. The maximum Gasteiger partial charge on any atom is 0.203 e. The number of rotatable bonds is 8. The Labute approximate surface area is 156 Å². The van der Waals surface area contributed by atoms with Gasteiger partial charge in [0.1, 0.15) is 12.9 Å². The van der Waals surface area contributed by atoms with Crippen LogP contribution in [0.25, 0.3) is 0 Å². The topological polar surface area (TPSA) is 57.7 Å². The lowest BCUT2D eigenvalue weighted by Gasteiger charge is -2.21. The van der Waals surface area contributed by atoms with Gasteiger partial charge >= 0.3 is 0 Å². The van der Waals surface area contributed by atoms with Gasteiger partial charge in [-0.25, -0.2) is 0 Å². The predicted molar refractivity (Wildman–Crippen MR) is 97.4 cm³/mol. The van der Waals surface area contributed by atoms with E-state index >= 15 is 0 Å². The highest BCUT2D eigenvalue weighted by atomic mass is 35.5. The molecule has 0 N–H and O–H groups in total. The molecule has 0 spiro atoms. The van der Waals surface area contributed by atoms with E-state index in [1.807, 2.05) is 0 Å². The van der Waals surface area contributed by atoms with Crippen molar-refractivity contribution in [3.63, 3.8) is 0 Å². The number of nitrogens with zero attached hydrogens (tertiary/aromatic N) is 1. The zero-order valence-electron chi connectivity index (χ0n) is 13.8. The molecule has 1 aromatic heterocycles. The van der Waals surface area contributed by atoms with Gasteiger partial charge in [-0.3, -0.25) is 4.98 Å². The molecule has 0 fully saturated rings. The van der Waals surface area contributed by atoms with E-state index in [9.17, 15) is 4.79 Å². The van der Waals surface area contributed by atoms with Crippen molar-refractivity contribution in [3.05, 3.63) is 58.4 Å². The van der Waals surface area contributed by atoms with Gasteiger partial charge in [-0.2, -0.15) is 0 Å². The molecule has 1 unspecified atom stereocenters. The summed E-state index contributed by atoms with van der Waals surface area (Å²) in [5.41, 5.74) is 0.994. The van der Waals surface area contributed by atoms with E-state index in [1.165, 1.54) is 26.6 Å². The van der Waals surface area contributed by atoms with Gasteiger partial charge in [0, 0.05) is 23.5 Å². The van der Waals surface area contributed by atoms with Crippen LogP contribution in [-0.4, -0.2) is 32.1 Å². The molecule has 5 nitrogen and oxygen atoms in total. The Morgan fingerprint density at radius 2 is 1.84 bits per heavy atom. The molecule has 132 valence electrons. The normalized spacial score (nSPS) is 11.5. The van der Waals surface area contributed by atoms with Crippen molar-refractivity contribution >= 4 is 29.5 Å². The van der Waals surface area contributed by atoms with Crippen LogP contribution in [0.5, 0.6) is 17.2 Å². The molecule has 0 aliphatic heterocycles. The molecule has 2 rings (SSSR count). The summed E-state index contributed by atoms with van der Waals surface area (Å²) in [4.78, 5) is 15.8. The van der Waals surface area contributed by atoms with Crippen LogP contribution in [0.4, 0.5) is 0 Å². The van der Waals surface area contributed by atoms with Gasteiger partial charge < -0.3 is 19.0 Å². The summed E-state index contributed by atoms with van der Waals surface area (Å²) in [5.74, 6) is 0.447. The second kappa shape index (κ2) is 8.74. The highest BCUT2D eigenvalue weighted by molar-refractivity contribution is 6.36. The van der Waals surface area contributed by atoms with E-state index in [4.69, 9.17) is 37.4 Å². The van der Waals surface area contributed by atoms with E-state index < -0.39 is 5.92 Å². The van der Waals surface area contributed by atoms with Gasteiger partial charge in [0.15, 0.2) is 11.5 Å². The lowest BCUT2D eigenvalue weighted by Crippen LogP contribution is -2.09. The Balaban J connectivity index is 2.70. The largest absolute Gasteiger partial charge is 0.493 e. The summed E-state index contributed by atoms with van der Waals surface area (Å²) in [6.07, 6.45) is 5.20. The minimum Gasteiger partial charge on any atom is -0.493 e. The average molecular weight is 382 g/mol. The molecule has 0 saturated carbocycles. The van der Waals surface area contributed by atoms with Gasteiger partial charge in [-0.1, -0.05) is 41.9 Å². The molecule has 1 heterocycles. The predicted octanol–water partition coefficient (Wildman–Crippen LogP) is 4.30. The highest BCUT2D eigenvalue weighted by Gasteiger charge is 2.27. The van der Waals surface area contributed by atoms with Crippen molar-refractivity contribution in [3.8, 4) is 17.2 Å². The fourth-order valence-electron chi connectivity index (χ4n) is 2.47. The van der Waals surface area contributed by atoms with Crippen LogP contribution in [0.3, 0.4) is 0 Å². The minimum absolute atomic E-state index is 0.222. The molecule has 0 saturated heterocycles. The third-order valence-electron chi connectivity index (χ3n) is 3.55. The average Bonchev–Trinajstić information content (AvgIpc) is 2.62. The van der Waals surface area contributed by atoms with E-state index in [0.29, 0.717) is 28.4 Å². The van der Waals surface area contributed by atoms with E-state index in [2.05, 4.69) is 11.6 Å². The molecular weight excluding hydrogens is 365 g/mol. The van der Waals surface area contributed by atoms with Gasteiger partial charge in [-0.15, -0.1) is 0 Å². The first kappa shape index (κ1) is 19.1. The van der Waals surface area contributed by atoms with Crippen LogP contribution in [0.15, 0.2) is 37.2 Å². The molecule has 0 radical (unpaired) electrons. The maximum atomic E-state index is 11.9. The number of hydrogen-bond acceptors (Lipinski definition) is 5. The Hall–Kier alpha value is -2.24. The summed E-state index contributed by atoms with van der Waals surface area (Å²) >= 11 is 12.4. The van der Waals surface area contributed by atoms with Crippen molar-refractivity contribution in [2.45, 2.75) is 5.92 Å². The number of carbonyl (C=O) groups is 1. The van der Waals surface area contributed by atoms with Gasteiger partial charge in [0.05, 0.1) is 30.2 Å². The number of carbonyl (C=O) groups excluding carboxylic acids is 1. The molecule has 0 bridgehead atoms. The zero-order chi connectivity index (χ0) is 18.4. The first-order valence-corrected chi connectivity index (χ1v) is 8.07. The number of ether oxygens (including phenoxy) is 3. The number of pyridine rings is 1. The van der Waals surface area contributed by atoms with Crippen molar-refractivity contribution in [2.24, 2.45) is 0 Å². The van der Waals surface area contributed by atoms with Crippen LogP contribution in [0.1, 0.15) is 17.0 Å². The summed E-state index contributed by atoms with van der Waals surface area (Å²) < 4.78 is 16.5. The molecule has 25 heavy (non-hydrogen) atoms. The Morgan fingerprint density at radius 3 is 2.36 bits per heavy atom. The first-order chi connectivity index (χ1) is 12.1. The summed E-state index contributed by atoms with van der Waals surface area (Å²) in [7, 11) is 3.01. The summed E-state index contributed by atoms with van der Waals surface area (Å²) in [5, 5.41) is 0.572. The van der Waals surface area contributed by atoms with Gasteiger partial charge in [-0.05, 0) is 6.07 Å². The molecular formula is C18H17Cl2NO4. The number of methoxy groups -OCH3 is 2. The number of benzene rings is 1. The van der Waals surface area contributed by atoms with Crippen molar-refractivity contribution < 1.29 is 19.0 Å². The lowest BCUT2D eigenvalue weighted by molar-refractivity contribution is -0.108. The van der Waals surface area contributed by atoms with Crippen LogP contribution in [-0.2, 0) is 4.79 Å². The van der Waals surface area contributed by atoms with E-state index in [-0.39, 0.29) is 16.7 Å². The SMILES string of the molecule is C=CCOc1c(C(C=O)c2c(Cl)cncc2Cl)ccc(OC)c1OC. The highest BCUT2D eigenvalue weighted by Crippen LogP contribution is 2.45.